The average Bonchev–Trinajstić information content (AvgIpc) is 2.57. The zero-order valence-corrected chi connectivity index (χ0v) is 16.4. The van der Waals surface area contributed by atoms with Crippen LogP contribution in [0.1, 0.15) is 39.5 Å². The molecular weight excluding hydrogens is 362 g/mol. The van der Waals surface area contributed by atoms with Gasteiger partial charge in [0.1, 0.15) is 12.4 Å². The Morgan fingerprint density at radius 1 is 1.04 bits per heavy atom. The minimum absolute atomic E-state index is 0.00335. The smallest absolute Gasteiger partial charge is 0.240 e. The fourth-order valence-corrected chi connectivity index (χ4v) is 4.74. The minimum Gasteiger partial charge on any atom is -0.493 e. The number of nitrogens with one attached hydrogen (secondary N) is 1. The first-order valence-electron chi connectivity index (χ1n) is 8.67. The van der Waals surface area contributed by atoms with E-state index < -0.39 is 19.9 Å². The van der Waals surface area contributed by atoms with Gasteiger partial charge in [0.2, 0.25) is 10.0 Å². The Morgan fingerprint density at radius 2 is 1.64 bits per heavy atom. The molecule has 1 aromatic rings. The normalized spacial score (nSPS) is 21.8. The first-order valence-corrected chi connectivity index (χ1v) is 12.0. The number of hydrogen-bond acceptors (Lipinski definition) is 5. The van der Waals surface area contributed by atoms with Gasteiger partial charge in [-0.3, -0.25) is 0 Å². The Morgan fingerprint density at radius 3 is 2.20 bits per heavy atom. The van der Waals surface area contributed by atoms with Crippen LogP contribution in [0, 0.1) is 5.92 Å². The summed E-state index contributed by atoms with van der Waals surface area (Å²) in [5.74, 6) is 1.15. The molecule has 1 aromatic carbocycles. The monoisotopic (exact) mass is 389 g/mol. The summed E-state index contributed by atoms with van der Waals surface area (Å²) >= 11 is 0. The number of benzene rings is 1. The second kappa shape index (κ2) is 8.51. The lowest BCUT2D eigenvalue weighted by Crippen LogP contribution is -2.37. The molecule has 142 valence electrons. The molecule has 1 aliphatic rings. The fraction of sp³-hybridized carbons (Fsp3) is 0.647. The van der Waals surface area contributed by atoms with Crippen molar-refractivity contribution >= 4 is 19.9 Å². The SMILES string of the molecule is CCS(=O)(=O)CCOc1ccc(S(=O)(=O)NC2CCC(C)CC2)cc1. The molecule has 1 fully saturated rings. The summed E-state index contributed by atoms with van der Waals surface area (Å²) in [6.45, 7) is 3.84. The summed E-state index contributed by atoms with van der Waals surface area (Å²) in [4.78, 5) is 0.194. The van der Waals surface area contributed by atoms with Gasteiger partial charge in [-0.1, -0.05) is 13.8 Å². The van der Waals surface area contributed by atoms with Crippen LogP contribution in [-0.4, -0.2) is 41.0 Å². The van der Waals surface area contributed by atoms with E-state index in [2.05, 4.69) is 11.6 Å². The van der Waals surface area contributed by atoms with Gasteiger partial charge in [0.25, 0.3) is 0 Å². The second-order valence-electron chi connectivity index (χ2n) is 6.63. The van der Waals surface area contributed by atoms with E-state index >= 15 is 0 Å². The second-order valence-corrected chi connectivity index (χ2v) is 10.8. The van der Waals surface area contributed by atoms with Crippen molar-refractivity contribution in [3.63, 3.8) is 0 Å². The standard InChI is InChI=1S/C17H27NO5S2/c1-3-24(19,20)13-12-23-16-8-10-17(11-9-16)25(21,22)18-15-6-4-14(2)5-7-15/h8-11,14-15,18H,3-7,12-13H2,1-2H3. The summed E-state index contributed by atoms with van der Waals surface area (Å²) in [5, 5.41) is 0. The molecule has 0 saturated heterocycles. The van der Waals surface area contributed by atoms with Crippen LogP contribution >= 0.6 is 0 Å². The Hall–Kier alpha value is -1.12. The molecule has 0 radical (unpaired) electrons. The van der Waals surface area contributed by atoms with Crippen LogP contribution in [0.3, 0.4) is 0 Å². The van der Waals surface area contributed by atoms with Crippen LogP contribution in [0.15, 0.2) is 29.2 Å². The number of hydrogen-bond donors (Lipinski definition) is 1. The summed E-state index contributed by atoms with van der Waals surface area (Å²) in [6.07, 6.45) is 3.82. The maximum absolute atomic E-state index is 12.4. The van der Waals surface area contributed by atoms with Crippen molar-refractivity contribution in [2.75, 3.05) is 18.1 Å². The Balaban J connectivity index is 1.92. The predicted octanol–water partition coefficient (Wildman–Crippen LogP) is 2.36. The maximum Gasteiger partial charge on any atom is 0.240 e. The highest BCUT2D eigenvalue weighted by molar-refractivity contribution is 7.91. The lowest BCUT2D eigenvalue weighted by atomic mass is 9.88. The van der Waals surface area contributed by atoms with Gasteiger partial charge in [-0.05, 0) is 55.9 Å². The van der Waals surface area contributed by atoms with E-state index in [0.717, 1.165) is 25.7 Å². The van der Waals surface area contributed by atoms with Gasteiger partial charge in [0.15, 0.2) is 9.84 Å². The van der Waals surface area contributed by atoms with Crippen LogP contribution < -0.4 is 9.46 Å². The van der Waals surface area contributed by atoms with Crippen molar-refractivity contribution in [1.82, 2.24) is 4.72 Å². The third kappa shape index (κ3) is 6.27. The molecule has 8 heteroatoms. The molecule has 0 bridgehead atoms. The van der Waals surface area contributed by atoms with Gasteiger partial charge in [-0.15, -0.1) is 0 Å². The predicted molar refractivity (Wildman–Crippen MR) is 98.0 cm³/mol. The fourth-order valence-electron chi connectivity index (χ4n) is 2.81. The van der Waals surface area contributed by atoms with Crippen LogP contribution in [0.5, 0.6) is 5.75 Å². The van der Waals surface area contributed by atoms with Crippen LogP contribution in [0.25, 0.3) is 0 Å². The van der Waals surface area contributed by atoms with Gasteiger partial charge in [-0.25, -0.2) is 21.6 Å². The molecule has 2 rings (SSSR count). The van der Waals surface area contributed by atoms with Crippen molar-refractivity contribution in [3.05, 3.63) is 24.3 Å². The molecule has 6 nitrogen and oxygen atoms in total. The third-order valence-electron chi connectivity index (χ3n) is 4.57. The Kier molecular flexibility index (Phi) is 6.87. The van der Waals surface area contributed by atoms with E-state index in [1.165, 1.54) is 12.1 Å². The third-order valence-corrected chi connectivity index (χ3v) is 7.78. The molecule has 25 heavy (non-hydrogen) atoms. The first-order chi connectivity index (χ1) is 11.7. The minimum atomic E-state index is -3.54. The lowest BCUT2D eigenvalue weighted by Gasteiger charge is -2.26. The summed E-state index contributed by atoms with van der Waals surface area (Å²) in [6, 6.07) is 6.07. The van der Waals surface area contributed by atoms with Crippen LogP contribution in [0.2, 0.25) is 0 Å². The first kappa shape index (κ1) is 20.2. The molecule has 1 saturated carbocycles. The van der Waals surface area contributed by atoms with Gasteiger partial charge < -0.3 is 4.74 Å². The molecular formula is C17H27NO5S2. The molecule has 0 aliphatic heterocycles. The van der Waals surface area contributed by atoms with Crippen molar-refractivity contribution in [2.45, 2.75) is 50.5 Å². The zero-order valence-electron chi connectivity index (χ0n) is 14.8. The highest BCUT2D eigenvalue weighted by Gasteiger charge is 2.24. The molecule has 0 heterocycles. The van der Waals surface area contributed by atoms with Gasteiger partial charge in [-0.2, -0.15) is 0 Å². The molecule has 0 aromatic heterocycles. The molecule has 0 spiro atoms. The lowest BCUT2D eigenvalue weighted by molar-refractivity contribution is 0.332. The molecule has 0 atom stereocenters. The summed E-state index contributed by atoms with van der Waals surface area (Å²) < 4.78 is 55.9. The Labute approximate surface area is 150 Å². The largest absolute Gasteiger partial charge is 0.493 e. The van der Waals surface area contributed by atoms with E-state index in [1.54, 1.807) is 19.1 Å². The number of sulfone groups is 1. The number of ether oxygens (including phenoxy) is 1. The highest BCUT2D eigenvalue weighted by Crippen LogP contribution is 2.25. The maximum atomic E-state index is 12.4. The molecule has 0 amide bonds. The van der Waals surface area contributed by atoms with Crippen molar-refractivity contribution in [1.29, 1.82) is 0 Å². The van der Waals surface area contributed by atoms with Gasteiger partial charge >= 0.3 is 0 Å². The van der Waals surface area contributed by atoms with Gasteiger partial charge in [0.05, 0.1) is 10.6 Å². The molecule has 1 aliphatic carbocycles. The van der Waals surface area contributed by atoms with E-state index in [9.17, 15) is 16.8 Å². The topological polar surface area (TPSA) is 89.5 Å². The van der Waals surface area contributed by atoms with Crippen LogP contribution in [0.4, 0.5) is 0 Å². The number of sulfonamides is 1. The summed E-state index contributed by atoms with van der Waals surface area (Å²) in [5.41, 5.74) is 0. The quantitative estimate of drug-likeness (QED) is 0.737. The van der Waals surface area contributed by atoms with E-state index in [4.69, 9.17) is 4.74 Å². The van der Waals surface area contributed by atoms with Crippen molar-refractivity contribution in [3.8, 4) is 5.75 Å². The van der Waals surface area contributed by atoms with Gasteiger partial charge in [0, 0.05) is 11.8 Å². The number of rotatable bonds is 8. The van der Waals surface area contributed by atoms with Crippen LogP contribution in [-0.2, 0) is 19.9 Å². The van der Waals surface area contributed by atoms with E-state index in [1.807, 2.05) is 0 Å². The highest BCUT2D eigenvalue weighted by atomic mass is 32.2. The van der Waals surface area contributed by atoms with Crippen molar-refractivity contribution in [2.24, 2.45) is 5.92 Å². The molecule has 0 unspecified atom stereocenters. The average molecular weight is 390 g/mol. The molecule has 1 N–H and O–H groups in total. The zero-order chi connectivity index (χ0) is 18.5. The van der Waals surface area contributed by atoms with Crippen molar-refractivity contribution < 1.29 is 21.6 Å². The summed E-state index contributed by atoms with van der Waals surface area (Å²) in [7, 11) is -6.62. The Bertz CT molecular complexity index is 749. The van der Waals surface area contributed by atoms with E-state index in [-0.39, 0.29) is 29.0 Å². The van der Waals surface area contributed by atoms with E-state index in [0.29, 0.717) is 11.7 Å².